The van der Waals surface area contributed by atoms with Crippen molar-refractivity contribution < 1.29 is 24.2 Å². The van der Waals surface area contributed by atoms with Crippen LogP contribution in [0.5, 0.6) is 11.5 Å². The predicted octanol–water partition coefficient (Wildman–Crippen LogP) is 4.09. The fourth-order valence-electron chi connectivity index (χ4n) is 2.21. The van der Waals surface area contributed by atoms with Crippen LogP contribution in [0.15, 0.2) is 42.1 Å². The van der Waals surface area contributed by atoms with E-state index in [-0.39, 0.29) is 5.70 Å². The zero-order valence-corrected chi connectivity index (χ0v) is 17.5. The summed E-state index contributed by atoms with van der Waals surface area (Å²) in [5, 5.41) is 12.1. The Labute approximate surface area is 175 Å². The van der Waals surface area contributed by atoms with E-state index in [4.69, 9.17) is 21.1 Å². The fourth-order valence-corrected chi connectivity index (χ4v) is 3.11. The van der Waals surface area contributed by atoms with Crippen LogP contribution in [-0.2, 0) is 16.2 Å². The molecule has 1 amide bonds. The molecule has 0 unspecified atom stereocenters. The minimum Gasteiger partial charge on any atom is -0.493 e. The molecule has 2 aromatic carbocycles. The van der Waals surface area contributed by atoms with Gasteiger partial charge in [0.1, 0.15) is 12.3 Å². The third kappa shape index (κ3) is 6.14. The SMILES string of the molecule is COc1cc(C=C(NC(C)=O)C(=O)O)cc(I)c1OCc1ccc(Cl)cc1. The quantitative estimate of drug-likeness (QED) is 0.441. The highest BCUT2D eigenvalue weighted by molar-refractivity contribution is 14.1. The van der Waals surface area contributed by atoms with E-state index >= 15 is 0 Å². The molecule has 2 N–H and O–H groups in total. The molecule has 27 heavy (non-hydrogen) atoms. The average Bonchev–Trinajstić information content (AvgIpc) is 2.60. The van der Waals surface area contributed by atoms with Crippen LogP contribution >= 0.6 is 34.2 Å². The summed E-state index contributed by atoms with van der Waals surface area (Å²) < 4.78 is 12.0. The number of rotatable bonds is 7. The van der Waals surface area contributed by atoms with Crippen molar-refractivity contribution in [3.8, 4) is 11.5 Å². The van der Waals surface area contributed by atoms with Crippen molar-refractivity contribution in [3.05, 3.63) is 61.8 Å². The van der Waals surface area contributed by atoms with Crippen molar-refractivity contribution in [1.29, 1.82) is 0 Å². The number of carboxylic acid groups (broad SMARTS) is 1. The molecule has 0 aliphatic heterocycles. The molecule has 142 valence electrons. The van der Waals surface area contributed by atoms with Crippen molar-refractivity contribution >= 4 is 52.1 Å². The van der Waals surface area contributed by atoms with Gasteiger partial charge in [-0.05, 0) is 64.1 Å². The number of amides is 1. The number of methoxy groups -OCH3 is 1. The molecule has 0 saturated carbocycles. The van der Waals surface area contributed by atoms with E-state index in [1.807, 2.05) is 12.1 Å². The molecule has 0 atom stereocenters. The van der Waals surface area contributed by atoms with Crippen molar-refractivity contribution in [3.63, 3.8) is 0 Å². The van der Waals surface area contributed by atoms with Gasteiger partial charge in [-0.3, -0.25) is 4.79 Å². The van der Waals surface area contributed by atoms with Crippen molar-refractivity contribution in [2.24, 2.45) is 0 Å². The van der Waals surface area contributed by atoms with Crippen LogP contribution in [-0.4, -0.2) is 24.1 Å². The van der Waals surface area contributed by atoms with Crippen LogP contribution in [0, 0.1) is 3.57 Å². The van der Waals surface area contributed by atoms with Gasteiger partial charge in [0.2, 0.25) is 5.91 Å². The molecule has 0 aliphatic rings. The summed E-state index contributed by atoms with van der Waals surface area (Å²) in [6.07, 6.45) is 1.36. The van der Waals surface area contributed by atoms with Crippen LogP contribution < -0.4 is 14.8 Å². The number of carbonyl (C=O) groups is 2. The summed E-state index contributed by atoms with van der Waals surface area (Å²) in [5.74, 6) is -0.702. The standard InChI is InChI=1S/C19H17ClINO5/c1-11(23)22-16(19(24)25)8-13-7-15(21)18(17(9-13)26-2)27-10-12-3-5-14(20)6-4-12/h3-9H,10H2,1-2H3,(H,22,23)(H,24,25). The zero-order chi connectivity index (χ0) is 20.0. The van der Waals surface area contributed by atoms with Gasteiger partial charge in [-0.15, -0.1) is 0 Å². The first kappa shape index (κ1) is 21.0. The van der Waals surface area contributed by atoms with Gasteiger partial charge in [0, 0.05) is 11.9 Å². The highest BCUT2D eigenvalue weighted by Crippen LogP contribution is 2.35. The Balaban J connectivity index is 2.29. The van der Waals surface area contributed by atoms with Crippen molar-refractivity contribution in [2.75, 3.05) is 7.11 Å². The zero-order valence-electron chi connectivity index (χ0n) is 14.6. The average molecular weight is 502 g/mol. The second kappa shape index (κ2) is 9.61. The maximum absolute atomic E-state index is 11.3. The van der Waals surface area contributed by atoms with E-state index in [0.29, 0.717) is 28.7 Å². The normalized spacial score (nSPS) is 11.0. The number of hydrogen-bond donors (Lipinski definition) is 2. The summed E-state index contributed by atoms with van der Waals surface area (Å²) >= 11 is 7.96. The van der Waals surface area contributed by atoms with E-state index in [1.54, 1.807) is 24.3 Å². The number of ether oxygens (including phenoxy) is 2. The molecule has 0 aliphatic carbocycles. The van der Waals surface area contributed by atoms with E-state index in [1.165, 1.54) is 20.1 Å². The topological polar surface area (TPSA) is 84.9 Å². The van der Waals surface area contributed by atoms with Crippen LogP contribution in [0.2, 0.25) is 5.02 Å². The van der Waals surface area contributed by atoms with Gasteiger partial charge >= 0.3 is 5.97 Å². The Morgan fingerprint density at radius 1 is 1.26 bits per heavy atom. The maximum Gasteiger partial charge on any atom is 0.352 e. The van der Waals surface area contributed by atoms with Gasteiger partial charge < -0.3 is 19.9 Å². The molecule has 8 heteroatoms. The Kier molecular flexibility index (Phi) is 7.49. The number of benzene rings is 2. The van der Waals surface area contributed by atoms with Crippen LogP contribution in [0.25, 0.3) is 6.08 Å². The first-order chi connectivity index (χ1) is 12.8. The van der Waals surface area contributed by atoms with Gasteiger partial charge in [0.05, 0.1) is 10.7 Å². The third-order valence-corrected chi connectivity index (χ3v) is 4.45. The number of halogens is 2. The number of nitrogens with one attached hydrogen (secondary N) is 1. The summed E-state index contributed by atoms with van der Waals surface area (Å²) in [7, 11) is 1.50. The van der Waals surface area contributed by atoms with E-state index < -0.39 is 11.9 Å². The number of hydrogen-bond acceptors (Lipinski definition) is 4. The van der Waals surface area contributed by atoms with Gasteiger partial charge in [-0.1, -0.05) is 23.7 Å². The molecule has 0 aromatic heterocycles. The lowest BCUT2D eigenvalue weighted by Crippen LogP contribution is -2.24. The highest BCUT2D eigenvalue weighted by Gasteiger charge is 2.14. The Morgan fingerprint density at radius 3 is 2.48 bits per heavy atom. The van der Waals surface area contributed by atoms with Crippen LogP contribution in [0.3, 0.4) is 0 Å². The highest BCUT2D eigenvalue weighted by atomic mass is 127. The largest absolute Gasteiger partial charge is 0.493 e. The maximum atomic E-state index is 11.3. The summed E-state index contributed by atoms with van der Waals surface area (Å²) in [6.45, 7) is 1.57. The summed E-state index contributed by atoms with van der Waals surface area (Å²) in [5.41, 5.74) is 1.27. The number of carboxylic acids is 1. The Hall–Kier alpha value is -2.26. The first-order valence-corrected chi connectivity index (χ1v) is 9.23. The molecule has 0 heterocycles. The van der Waals surface area contributed by atoms with Gasteiger partial charge in [-0.2, -0.15) is 0 Å². The lowest BCUT2D eigenvalue weighted by molar-refractivity contribution is -0.134. The third-order valence-electron chi connectivity index (χ3n) is 3.40. The Morgan fingerprint density at radius 2 is 1.93 bits per heavy atom. The second-order valence-electron chi connectivity index (χ2n) is 5.49. The van der Waals surface area contributed by atoms with Gasteiger partial charge in [0.25, 0.3) is 0 Å². The minimum atomic E-state index is -1.23. The molecule has 2 aromatic rings. The molecule has 2 rings (SSSR count). The molecular weight excluding hydrogens is 485 g/mol. The molecule has 0 spiro atoms. The van der Waals surface area contributed by atoms with E-state index in [9.17, 15) is 14.7 Å². The molecule has 0 saturated heterocycles. The molecule has 0 fully saturated rings. The van der Waals surface area contributed by atoms with Gasteiger partial charge in [-0.25, -0.2) is 4.79 Å². The van der Waals surface area contributed by atoms with Crippen molar-refractivity contribution in [1.82, 2.24) is 5.32 Å². The summed E-state index contributed by atoms with van der Waals surface area (Å²) in [4.78, 5) is 22.4. The smallest absolute Gasteiger partial charge is 0.352 e. The number of carbonyl (C=O) groups excluding carboxylic acids is 1. The predicted molar refractivity (Wildman–Crippen MR) is 111 cm³/mol. The second-order valence-corrected chi connectivity index (χ2v) is 7.09. The lowest BCUT2D eigenvalue weighted by atomic mass is 10.1. The fraction of sp³-hybridized carbons (Fsp3) is 0.158. The van der Waals surface area contributed by atoms with Crippen molar-refractivity contribution in [2.45, 2.75) is 13.5 Å². The first-order valence-electron chi connectivity index (χ1n) is 7.77. The van der Waals surface area contributed by atoms with Crippen LogP contribution in [0.1, 0.15) is 18.1 Å². The molecule has 0 bridgehead atoms. The molecule has 0 radical (unpaired) electrons. The molecule has 6 nitrogen and oxygen atoms in total. The monoisotopic (exact) mass is 501 g/mol. The molecular formula is C19H17ClINO5. The lowest BCUT2D eigenvalue weighted by Gasteiger charge is -2.14. The van der Waals surface area contributed by atoms with E-state index in [0.717, 1.165) is 9.13 Å². The Bertz CT molecular complexity index is 880. The van der Waals surface area contributed by atoms with Gasteiger partial charge in [0.15, 0.2) is 11.5 Å². The minimum absolute atomic E-state index is 0.227. The summed E-state index contributed by atoms with van der Waals surface area (Å²) in [6, 6.07) is 10.7. The number of aliphatic carboxylic acids is 1. The van der Waals surface area contributed by atoms with Crippen LogP contribution in [0.4, 0.5) is 0 Å². The van der Waals surface area contributed by atoms with E-state index in [2.05, 4.69) is 27.9 Å².